The van der Waals surface area contributed by atoms with Crippen molar-refractivity contribution in [2.45, 2.75) is 12.5 Å². The van der Waals surface area contributed by atoms with Crippen molar-refractivity contribution in [1.82, 2.24) is 19.9 Å². The highest BCUT2D eigenvalue weighted by molar-refractivity contribution is 5.92. The van der Waals surface area contributed by atoms with Gasteiger partial charge in [0.05, 0.1) is 12.7 Å². The third-order valence-corrected chi connectivity index (χ3v) is 4.94. The monoisotopic (exact) mass is 327 g/mol. The van der Waals surface area contributed by atoms with E-state index in [4.69, 9.17) is 4.74 Å². The van der Waals surface area contributed by atoms with Crippen molar-refractivity contribution in [3.8, 4) is 0 Å². The molecule has 2 aromatic heterocycles. The number of piperidine rings is 1. The number of fused-ring (bicyclic) bond motifs is 1. The lowest BCUT2D eigenvalue weighted by Gasteiger charge is -2.35. The fourth-order valence-electron chi connectivity index (χ4n) is 3.70. The summed E-state index contributed by atoms with van der Waals surface area (Å²) in [5, 5.41) is 3.24. The Morgan fingerprint density at radius 1 is 1.38 bits per heavy atom. The number of amides is 1. The van der Waals surface area contributed by atoms with Crippen molar-refractivity contribution in [3.63, 3.8) is 0 Å². The first-order valence-corrected chi connectivity index (χ1v) is 8.36. The van der Waals surface area contributed by atoms with Crippen LogP contribution in [0.4, 0.5) is 5.95 Å². The Labute approximate surface area is 140 Å². The Kier molecular flexibility index (Phi) is 4.17. The number of H-pyrrole nitrogens is 1. The van der Waals surface area contributed by atoms with E-state index in [0.29, 0.717) is 36.6 Å². The van der Waals surface area contributed by atoms with Gasteiger partial charge in [0.2, 0.25) is 5.95 Å². The van der Waals surface area contributed by atoms with Crippen molar-refractivity contribution in [1.29, 1.82) is 0 Å². The zero-order chi connectivity index (χ0) is 16.4. The van der Waals surface area contributed by atoms with Gasteiger partial charge in [0.15, 0.2) is 0 Å². The third kappa shape index (κ3) is 2.99. The predicted molar refractivity (Wildman–Crippen MR) is 88.6 cm³/mol. The molecule has 2 N–H and O–H groups in total. The summed E-state index contributed by atoms with van der Waals surface area (Å²) >= 11 is 0. The van der Waals surface area contributed by atoms with E-state index in [0.717, 1.165) is 19.5 Å². The summed E-state index contributed by atoms with van der Waals surface area (Å²) in [4.78, 5) is 25.7. The fourth-order valence-corrected chi connectivity index (χ4v) is 3.70. The number of nitrogens with one attached hydrogen (secondary N) is 2. The van der Waals surface area contributed by atoms with E-state index in [1.807, 2.05) is 17.0 Å². The molecule has 2 aromatic rings. The number of hydrogen-bond acceptors (Lipinski definition) is 5. The standard InChI is InChI=1S/C17H21N5O2/c23-16(14-3-1-5-18-14)22-8-4-13-12(10-22)11-24-15(13)9-21-17-19-6-2-7-20-17/h1-3,5-7,12-13,15,18H,4,8-11H2,(H,19,20,21)/t12-,13-,15-/m1/s1. The maximum atomic E-state index is 12.5. The first-order valence-electron chi connectivity index (χ1n) is 8.36. The Bertz CT molecular complexity index is 676. The van der Waals surface area contributed by atoms with Crippen LogP contribution < -0.4 is 5.32 Å². The summed E-state index contributed by atoms with van der Waals surface area (Å²) in [6.45, 7) is 2.96. The SMILES string of the molecule is O=C(c1ccc[nH]1)N1CC[C@@H]2[C@@H](CO[C@@H]2CNc2ncccn2)C1. The van der Waals surface area contributed by atoms with E-state index < -0.39 is 0 Å². The summed E-state index contributed by atoms with van der Waals surface area (Å²) < 4.78 is 5.98. The van der Waals surface area contributed by atoms with Crippen molar-refractivity contribution >= 4 is 11.9 Å². The molecule has 1 amide bonds. The molecular weight excluding hydrogens is 306 g/mol. The largest absolute Gasteiger partial charge is 0.376 e. The van der Waals surface area contributed by atoms with Gasteiger partial charge in [0, 0.05) is 44.1 Å². The second kappa shape index (κ2) is 6.60. The van der Waals surface area contributed by atoms with Gasteiger partial charge in [0.25, 0.3) is 5.91 Å². The van der Waals surface area contributed by atoms with Crippen LogP contribution in [0, 0.1) is 11.8 Å². The predicted octanol–water partition coefficient (Wildman–Crippen LogP) is 1.39. The average molecular weight is 327 g/mol. The number of nitrogens with zero attached hydrogens (tertiary/aromatic N) is 3. The Hall–Kier alpha value is -2.41. The minimum atomic E-state index is 0.0812. The van der Waals surface area contributed by atoms with Crippen LogP contribution in [0.3, 0.4) is 0 Å². The molecule has 7 nitrogen and oxygen atoms in total. The topological polar surface area (TPSA) is 83.1 Å². The van der Waals surface area contributed by atoms with Gasteiger partial charge >= 0.3 is 0 Å². The zero-order valence-electron chi connectivity index (χ0n) is 13.4. The van der Waals surface area contributed by atoms with Gasteiger partial charge in [-0.05, 0) is 30.5 Å². The molecule has 0 radical (unpaired) electrons. The first kappa shape index (κ1) is 15.1. The summed E-state index contributed by atoms with van der Waals surface area (Å²) in [5.41, 5.74) is 0.659. The Morgan fingerprint density at radius 3 is 3.04 bits per heavy atom. The molecule has 126 valence electrons. The van der Waals surface area contributed by atoms with Crippen LogP contribution in [0.25, 0.3) is 0 Å². The van der Waals surface area contributed by atoms with Crippen molar-refractivity contribution < 1.29 is 9.53 Å². The molecule has 0 saturated carbocycles. The molecule has 0 unspecified atom stereocenters. The lowest BCUT2D eigenvalue weighted by Crippen LogP contribution is -2.45. The number of carbonyl (C=O) groups excluding carboxylic acids is 1. The molecular formula is C17H21N5O2. The highest BCUT2D eigenvalue weighted by atomic mass is 16.5. The lowest BCUT2D eigenvalue weighted by atomic mass is 9.84. The lowest BCUT2D eigenvalue weighted by molar-refractivity contribution is 0.0616. The third-order valence-electron chi connectivity index (χ3n) is 4.94. The number of ether oxygens (including phenoxy) is 1. The number of carbonyl (C=O) groups is 1. The number of anilines is 1. The van der Waals surface area contributed by atoms with Gasteiger partial charge in [-0.15, -0.1) is 0 Å². The van der Waals surface area contributed by atoms with E-state index >= 15 is 0 Å². The fraction of sp³-hybridized carbons (Fsp3) is 0.471. The molecule has 2 aliphatic heterocycles. The summed E-state index contributed by atoms with van der Waals surface area (Å²) in [6, 6.07) is 5.47. The second-order valence-electron chi connectivity index (χ2n) is 6.37. The minimum absolute atomic E-state index is 0.0812. The molecule has 4 rings (SSSR count). The molecule has 0 bridgehead atoms. The minimum Gasteiger partial charge on any atom is -0.376 e. The number of aromatic nitrogens is 3. The van der Waals surface area contributed by atoms with Gasteiger partial charge in [-0.2, -0.15) is 0 Å². The van der Waals surface area contributed by atoms with Gasteiger partial charge in [-0.1, -0.05) is 0 Å². The first-order chi connectivity index (χ1) is 11.8. The van der Waals surface area contributed by atoms with Crippen LogP contribution in [0.1, 0.15) is 16.9 Å². The van der Waals surface area contributed by atoms with E-state index in [-0.39, 0.29) is 12.0 Å². The summed E-state index contributed by atoms with van der Waals surface area (Å²) in [6.07, 6.45) is 6.35. The van der Waals surface area contributed by atoms with Gasteiger partial charge < -0.3 is 19.9 Å². The smallest absolute Gasteiger partial charge is 0.270 e. The van der Waals surface area contributed by atoms with Gasteiger partial charge in [0.1, 0.15) is 5.69 Å². The van der Waals surface area contributed by atoms with Crippen LogP contribution in [-0.4, -0.2) is 58.1 Å². The van der Waals surface area contributed by atoms with Crippen LogP contribution in [0.5, 0.6) is 0 Å². The quantitative estimate of drug-likeness (QED) is 0.887. The van der Waals surface area contributed by atoms with Crippen molar-refractivity contribution in [2.75, 3.05) is 31.6 Å². The Balaban J connectivity index is 1.33. The second-order valence-corrected chi connectivity index (χ2v) is 6.37. The van der Waals surface area contributed by atoms with E-state index in [2.05, 4.69) is 20.3 Å². The number of likely N-dealkylation sites (tertiary alicyclic amines) is 1. The van der Waals surface area contributed by atoms with E-state index in [9.17, 15) is 4.79 Å². The van der Waals surface area contributed by atoms with Gasteiger partial charge in [-0.3, -0.25) is 4.79 Å². The molecule has 2 fully saturated rings. The summed E-state index contributed by atoms with van der Waals surface area (Å²) in [7, 11) is 0. The number of aromatic amines is 1. The van der Waals surface area contributed by atoms with E-state index in [1.165, 1.54) is 0 Å². The normalized spacial score (nSPS) is 26.2. The highest BCUT2D eigenvalue weighted by Crippen LogP contribution is 2.34. The molecule has 0 aromatic carbocycles. The Morgan fingerprint density at radius 2 is 2.25 bits per heavy atom. The number of rotatable bonds is 4. The van der Waals surface area contributed by atoms with Crippen molar-refractivity contribution in [2.24, 2.45) is 11.8 Å². The van der Waals surface area contributed by atoms with Crippen LogP contribution in [-0.2, 0) is 4.74 Å². The maximum absolute atomic E-state index is 12.5. The van der Waals surface area contributed by atoms with Crippen LogP contribution in [0.15, 0.2) is 36.8 Å². The molecule has 3 atom stereocenters. The summed E-state index contributed by atoms with van der Waals surface area (Å²) in [5.74, 6) is 1.59. The zero-order valence-corrected chi connectivity index (χ0v) is 13.4. The molecule has 24 heavy (non-hydrogen) atoms. The molecule has 7 heteroatoms. The highest BCUT2D eigenvalue weighted by Gasteiger charge is 2.41. The van der Waals surface area contributed by atoms with E-state index in [1.54, 1.807) is 24.7 Å². The molecule has 4 heterocycles. The van der Waals surface area contributed by atoms with Crippen LogP contribution in [0.2, 0.25) is 0 Å². The maximum Gasteiger partial charge on any atom is 0.270 e. The number of hydrogen-bond donors (Lipinski definition) is 2. The molecule has 0 spiro atoms. The average Bonchev–Trinajstić information content (AvgIpc) is 3.30. The van der Waals surface area contributed by atoms with Gasteiger partial charge in [-0.25, -0.2) is 9.97 Å². The van der Waals surface area contributed by atoms with Crippen molar-refractivity contribution in [3.05, 3.63) is 42.5 Å². The molecule has 2 aliphatic rings. The van der Waals surface area contributed by atoms with Crippen LogP contribution >= 0.6 is 0 Å². The molecule has 0 aliphatic carbocycles. The molecule has 2 saturated heterocycles.